The summed E-state index contributed by atoms with van der Waals surface area (Å²) < 4.78 is 14.3. The van der Waals surface area contributed by atoms with Gasteiger partial charge in [0.15, 0.2) is 0 Å². The highest BCUT2D eigenvalue weighted by molar-refractivity contribution is 9.10. The van der Waals surface area contributed by atoms with Crippen LogP contribution < -0.4 is 0 Å². The summed E-state index contributed by atoms with van der Waals surface area (Å²) in [6.07, 6.45) is 0.303. The third-order valence-corrected chi connectivity index (χ3v) is 4.89. The molecular formula is C14H14BrFN4O4. The number of nitrogens with one attached hydrogen (secondary N) is 1. The minimum Gasteiger partial charge on any atom is -0.465 e. The Labute approximate surface area is 144 Å². The van der Waals surface area contributed by atoms with E-state index < -0.39 is 23.9 Å². The Morgan fingerprint density at radius 2 is 2.21 bits per heavy atom. The molecule has 10 heteroatoms. The number of rotatable bonds is 2. The molecule has 0 radical (unpaired) electrons. The second-order valence-electron chi connectivity index (χ2n) is 5.44. The molecule has 1 aliphatic rings. The molecule has 0 unspecified atom stereocenters. The lowest BCUT2D eigenvalue weighted by Gasteiger charge is -2.39. The maximum Gasteiger partial charge on any atom is 0.407 e. The monoisotopic (exact) mass is 400 g/mol. The molecule has 3 N–H and O–H groups in total. The molecule has 2 aromatic rings. The maximum absolute atomic E-state index is 14.1. The molecule has 0 saturated carbocycles. The quantitative estimate of drug-likeness (QED) is 0.702. The number of aliphatic hydroxyl groups excluding tert-OH is 1. The number of hydrogen-bond donors (Lipinski definition) is 3. The van der Waals surface area contributed by atoms with Gasteiger partial charge in [0.1, 0.15) is 5.82 Å². The van der Waals surface area contributed by atoms with E-state index in [1.54, 1.807) is 0 Å². The van der Waals surface area contributed by atoms with E-state index >= 15 is 0 Å². The third kappa shape index (κ3) is 2.71. The van der Waals surface area contributed by atoms with Crippen molar-refractivity contribution in [3.05, 3.63) is 28.1 Å². The highest BCUT2D eigenvalue weighted by Gasteiger charge is 2.33. The SMILES string of the molecule is O=C(O)N1CCN(C(=O)c2cc(F)c(Br)c3cn[nH]c23)[C@@H](CO)C1. The molecule has 8 nitrogen and oxygen atoms in total. The Morgan fingerprint density at radius 1 is 1.46 bits per heavy atom. The van der Waals surface area contributed by atoms with Gasteiger partial charge in [-0.1, -0.05) is 0 Å². The average Bonchev–Trinajstić information content (AvgIpc) is 3.06. The predicted molar refractivity (Wildman–Crippen MR) is 85.3 cm³/mol. The fraction of sp³-hybridized carbons (Fsp3) is 0.357. The van der Waals surface area contributed by atoms with Crippen LogP contribution in [0, 0.1) is 5.82 Å². The van der Waals surface area contributed by atoms with Gasteiger partial charge in [0.2, 0.25) is 0 Å². The Balaban J connectivity index is 1.96. The van der Waals surface area contributed by atoms with Crippen molar-refractivity contribution in [3.63, 3.8) is 0 Å². The van der Waals surface area contributed by atoms with Crippen LogP contribution >= 0.6 is 15.9 Å². The number of piperazine rings is 1. The van der Waals surface area contributed by atoms with Gasteiger partial charge in [-0.2, -0.15) is 5.10 Å². The van der Waals surface area contributed by atoms with Crippen LogP contribution in [0.15, 0.2) is 16.7 Å². The summed E-state index contributed by atoms with van der Waals surface area (Å²) in [6, 6.07) is 0.414. The van der Waals surface area contributed by atoms with Crippen molar-refractivity contribution in [2.45, 2.75) is 6.04 Å². The van der Waals surface area contributed by atoms with E-state index in [2.05, 4.69) is 26.1 Å². The summed E-state index contributed by atoms with van der Waals surface area (Å²) in [5.41, 5.74) is 0.469. The first kappa shape index (κ1) is 16.7. The van der Waals surface area contributed by atoms with Gasteiger partial charge in [-0.05, 0) is 22.0 Å². The summed E-state index contributed by atoms with van der Waals surface area (Å²) >= 11 is 3.12. The number of nitrogens with zero attached hydrogens (tertiary/aromatic N) is 3. The van der Waals surface area contributed by atoms with Gasteiger partial charge < -0.3 is 20.0 Å². The average molecular weight is 401 g/mol. The second-order valence-corrected chi connectivity index (χ2v) is 6.24. The van der Waals surface area contributed by atoms with Crippen LogP contribution in [0.5, 0.6) is 0 Å². The van der Waals surface area contributed by atoms with E-state index in [1.165, 1.54) is 11.1 Å². The fourth-order valence-electron chi connectivity index (χ4n) is 2.82. The number of H-pyrrole nitrogens is 1. The van der Waals surface area contributed by atoms with Gasteiger partial charge in [0.05, 0.1) is 34.4 Å². The topological polar surface area (TPSA) is 110 Å². The molecule has 24 heavy (non-hydrogen) atoms. The van der Waals surface area contributed by atoms with Gasteiger partial charge in [-0.25, -0.2) is 9.18 Å². The van der Waals surface area contributed by atoms with Gasteiger partial charge in [0.25, 0.3) is 5.91 Å². The lowest BCUT2D eigenvalue weighted by molar-refractivity contribution is 0.0311. The molecule has 2 amide bonds. The molecule has 0 aliphatic carbocycles. The molecule has 1 fully saturated rings. The van der Waals surface area contributed by atoms with Crippen LogP contribution in [-0.4, -0.2) is 74.5 Å². The fourth-order valence-corrected chi connectivity index (χ4v) is 3.24. The van der Waals surface area contributed by atoms with Crippen molar-refractivity contribution < 1.29 is 24.2 Å². The minimum absolute atomic E-state index is 0.00268. The molecule has 3 rings (SSSR count). The first-order valence-electron chi connectivity index (χ1n) is 7.14. The van der Waals surface area contributed by atoms with E-state index in [0.29, 0.717) is 10.9 Å². The number of aromatic nitrogens is 2. The van der Waals surface area contributed by atoms with Gasteiger partial charge in [-0.3, -0.25) is 9.89 Å². The van der Waals surface area contributed by atoms with Crippen LogP contribution in [0.1, 0.15) is 10.4 Å². The van der Waals surface area contributed by atoms with Crippen LogP contribution in [0.2, 0.25) is 0 Å². The van der Waals surface area contributed by atoms with Crippen molar-refractivity contribution >= 4 is 38.8 Å². The standard InChI is InChI=1S/C14H14BrFN4O4/c15-11-9-4-17-18-12(9)8(3-10(11)16)13(22)20-2-1-19(14(23)24)5-7(20)6-21/h3-4,7,21H,1-2,5-6H2,(H,17,18)(H,23,24)/t7-/m1/s1. The van der Waals surface area contributed by atoms with Crippen LogP contribution in [0.25, 0.3) is 10.9 Å². The molecule has 1 atom stereocenters. The van der Waals surface area contributed by atoms with Crippen molar-refractivity contribution in [2.75, 3.05) is 26.2 Å². The minimum atomic E-state index is -1.11. The normalized spacial score (nSPS) is 18.2. The van der Waals surface area contributed by atoms with Gasteiger partial charge >= 0.3 is 6.09 Å². The zero-order valence-electron chi connectivity index (χ0n) is 12.4. The number of hydrogen-bond acceptors (Lipinski definition) is 4. The van der Waals surface area contributed by atoms with E-state index in [0.717, 1.165) is 11.0 Å². The van der Waals surface area contributed by atoms with E-state index in [9.17, 15) is 19.1 Å². The summed E-state index contributed by atoms with van der Waals surface area (Å²) in [6.45, 7) is -0.143. The van der Waals surface area contributed by atoms with Crippen LogP contribution in [-0.2, 0) is 0 Å². The number of carbonyl (C=O) groups excluding carboxylic acids is 1. The molecule has 1 aliphatic heterocycles. The van der Waals surface area contributed by atoms with E-state index in [1.807, 2.05) is 0 Å². The summed E-state index contributed by atoms with van der Waals surface area (Å²) in [5, 5.41) is 25.5. The number of halogens is 2. The molecule has 0 spiro atoms. The molecule has 1 saturated heterocycles. The maximum atomic E-state index is 14.1. The van der Waals surface area contributed by atoms with Gasteiger partial charge in [-0.15, -0.1) is 0 Å². The molecular weight excluding hydrogens is 387 g/mol. The summed E-state index contributed by atoms with van der Waals surface area (Å²) in [5.74, 6) is -1.09. The number of aliphatic hydroxyl groups is 1. The third-order valence-electron chi connectivity index (χ3n) is 4.08. The smallest absolute Gasteiger partial charge is 0.407 e. The van der Waals surface area contributed by atoms with Crippen molar-refractivity contribution in [2.24, 2.45) is 0 Å². The predicted octanol–water partition coefficient (Wildman–Crippen LogP) is 1.26. The number of carboxylic acid groups (broad SMARTS) is 1. The van der Waals surface area contributed by atoms with Crippen molar-refractivity contribution in [3.8, 4) is 0 Å². The number of aromatic amines is 1. The van der Waals surface area contributed by atoms with E-state index in [4.69, 9.17) is 5.11 Å². The van der Waals surface area contributed by atoms with Crippen LogP contribution in [0.4, 0.5) is 9.18 Å². The second kappa shape index (κ2) is 6.36. The first-order chi connectivity index (χ1) is 11.4. The summed E-state index contributed by atoms with van der Waals surface area (Å²) in [4.78, 5) is 26.4. The summed E-state index contributed by atoms with van der Waals surface area (Å²) in [7, 11) is 0. The highest BCUT2D eigenvalue weighted by atomic mass is 79.9. The van der Waals surface area contributed by atoms with Crippen molar-refractivity contribution in [1.82, 2.24) is 20.0 Å². The zero-order chi connectivity index (χ0) is 17.4. The Hall–Kier alpha value is -2.20. The molecule has 128 valence electrons. The van der Waals surface area contributed by atoms with Crippen molar-refractivity contribution in [1.29, 1.82) is 0 Å². The largest absolute Gasteiger partial charge is 0.465 e. The Morgan fingerprint density at radius 3 is 2.88 bits per heavy atom. The van der Waals surface area contributed by atoms with Crippen LogP contribution in [0.3, 0.4) is 0 Å². The lowest BCUT2D eigenvalue weighted by atomic mass is 10.1. The first-order valence-corrected chi connectivity index (χ1v) is 7.94. The van der Waals surface area contributed by atoms with Gasteiger partial charge in [0, 0.05) is 25.0 Å². The zero-order valence-corrected chi connectivity index (χ0v) is 14.0. The molecule has 1 aromatic carbocycles. The number of amides is 2. The molecule has 2 heterocycles. The molecule has 0 bridgehead atoms. The number of fused-ring (bicyclic) bond motifs is 1. The highest BCUT2D eigenvalue weighted by Crippen LogP contribution is 2.29. The number of carbonyl (C=O) groups is 2. The lowest BCUT2D eigenvalue weighted by Crippen LogP contribution is -2.57. The Bertz CT molecular complexity index is 811. The number of benzene rings is 1. The Kier molecular flexibility index (Phi) is 4.41. The molecule has 1 aromatic heterocycles. The van der Waals surface area contributed by atoms with E-state index in [-0.39, 0.29) is 36.3 Å².